The highest BCUT2D eigenvalue weighted by Crippen LogP contribution is 2.12. The first-order valence-electron chi connectivity index (χ1n) is 6.16. The Morgan fingerprint density at radius 3 is 2.17 bits per heavy atom. The molecule has 18 heavy (non-hydrogen) atoms. The standard InChI is InChI=1S/C11H20O2.C3H4O2/c1-4-7-8-10(5-2)9-13-11(12)6-3;1-2-3(4)5/h6,10H,3-5,7-9H2,1-2H3;2H,1H2,(H,4,5). The first-order chi connectivity index (χ1) is 8.51. The number of unbranched alkanes of at least 4 members (excludes halogenated alkanes) is 1. The highest BCUT2D eigenvalue weighted by atomic mass is 16.5. The molecule has 4 heteroatoms. The van der Waals surface area contributed by atoms with Crippen LogP contribution in [-0.2, 0) is 14.3 Å². The fraction of sp³-hybridized carbons (Fsp3) is 0.571. The van der Waals surface area contributed by atoms with E-state index in [1.54, 1.807) is 0 Å². The largest absolute Gasteiger partial charge is 0.478 e. The lowest BCUT2D eigenvalue weighted by molar-refractivity contribution is -0.139. The van der Waals surface area contributed by atoms with Gasteiger partial charge in [-0.3, -0.25) is 0 Å². The van der Waals surface area contributed by atoms with Gasteiger partial charge < -0.3 is 9.84 Å². The lowest BCUT2D eigenvalue weighted by Gasteiger charge is -2.13. The van der Waals surface area contributed by atoms with Gasteiger partial charge >= 0.3 is 11.9 Å². The summed E-state index contributed by atoms with van der Waals surface area (Å²) in [5.41, 5.74) is 0. The number of aliphatic carboxylic acids is 1. The number of carbonyl (C=O) groups is 2. The maximum absolute atomic E-state index is 10.8. The van der Waals surface area contributed by atoms with Gasteiger partial charge in [0.25, 0.3) is 0 Å². The van der Waals surface area contributed by atoms with Crippen LogP contribution in [0.1, 0.15) is 39.5 Å². The molecule has 0 bridgehead atoms. The van der Waals surface area contributed by atoms with Gasteiger partial charge in [0.1, 0.15) is 0 Å². The minimum Gasteiger partial charge on any atom is -0.478 e. The van der Waals surface area contributed by atoms with E-state index in [0.29, 0.717) is 12.5 Å². The van der Waals surface area contributed by atoms with E-state index in [9.17, 15) is 9.59 Å². The Labute approximate surface area is 109 Å². The van der Waals surface area contributed by atoms with Crippen molar-refractivity contribution in [3.63, 3.8) is 0 Å². The first kappa shape index (κ1) is 18.8. The van der Waals surface area contributed by atoms with Crippen LogP contribution in [0, 0.1) is 5.92 Å². The van der Waals surface area contributed by atoms with Crippen LogP contribution in [0.15, 0.2) is 25.3 Å². The normalized spacial score (nSPS) is 10.6. The summed E-state index contributed by atoms with van der Waals surface area (Å²) in [5, 5.41) is 7.60. The molecule has 0 aliphatic heterocycles. The van der Waals surface area contributed by atoms with Gasteiger partial charge in [-0.05, 0) is 12.3 Å². The van der Waals surface area contributed by atoms with E-state index < -0.39 is 5.97 Å². The molecule has 0 aromatic heterocycles. The summed E-state index contributed by atoms with van der Waals surface area (Å²) in [5.74, 6) is -0.774. The van der Waals surface area contributed by atoms with Crippen LogP contribution in [0.3, 0.4) is 0 Å². The molecule has 104 valence electrons. The number of carboxylic acids is 1. The number of carboxylic acid groups (broad SMARTS) is 1. The van der Waals surface area contributed by atoms with Crippen molar-refractivity contribution in [2.24, 2.45) is 5.92 Å². The van der Waals surface area contributed by atoms with E-state index in [1.807, 2.05) is 0 Å². The SMILES string of the molecule is C=CC(=O)O.C=CC(=O)OCC(CC)CCCC. The topological polar surface area (TPSA) is 63.6 Å². The van der Waals surface area contributed by atoms with E-state index in [2.05, 4.69) is 27.0 Å². The zero-order chi connectivity index (χ0) is 14.4. The average molecular weight is 256 g/mol. The molecular weight excluding hydrogens is 232 g/mol. The molecule has 0 amide bonds. The predicted octanol–water partition coefficient (Wildman–Crippen LogP) is 3.19. The lowest BCUT2D eigenvalue weighted by Crippen LogP contribution is -2.12. The monoisotopic (exact) mass is 256 g/mol. The zero-order valence-corrected chi connectivity index (χ0v) is 11.4. The number of ether oxygens (including phenoxy) is 1. The van der Waals surface area contributed by atoms with Crippen LogP contribution in [0.5, 0.6) is 0 Å². The Hall–Kier alpha value is -1.58. The molecule has 0 aliphatic carbocycles. The van der Waals surface area contributed by atoms with Crippen molar-refractivity contribution < 1.29 is 19.4 Å². The molecule has 0 aromatic carbocycles. The summed E-state index contributed by atoms with van der Waals surface area (Å²) in [6, 6.07) is 0. The molecule has 4 nitrogen and oxygen atoms in total. The third-order valence-corrected chi connectivity index (χ3v) is 2.35. The molecule has 1 N–H and O–H groups in total. The molecule has 0 saturated carbocycles. The second kappa shape index (κ2) is 13.5. The molecular formula is C14H24O4. The molecule has 0 saturated heterocycles. The van der Waals surface area contributed by atoms with E-state index in [4.69, 9.17) is 9.84 Å². The maximum Gasteiger partial charge on any atom is 0.330 e. The summed E-state index contributed by atoms with van der Waals surface area (Å²) in [6.07, 6.45) is 6.68. The van der Waals surface area contributed by atoms with Crippen LogP contribution in [0.2, 0.25) is 0 Å². The third-order valence-electron chi connectivity index (χ3n) is 2.35. The fourth-order valence-electron chi connectivity index (χ4n) is 1.16. The fourth-order valence-corrected chi connectivity index (χ4v) is 1.16. The number of hydrogen-bond acceptors (Lipinski definition) is 3. The van der Waals surface area contributed by atoms with Gasteiger partial charge in [-0.25, -0.2) is 9.59 Å². The van der Waals surface area contributed by atoms with Gasteiger partial charge in [-0.15, -0.1) is 0 Å². The van der Waals surface area contributed by atoms with Gasteiger partial charge in [0.2, 0.25) is 0 Å². The van der Waals surface area contributed by atoms with Crippen LogP contribution >= 0.6 is 0 Å². The Balaban J connectivity index is 0. The third kappa shape index (κ3) is 14.4. The summed E-state index contributed by atoms with van der Waals surface area (Å²) < 4.78 is 4.98. The highest BCUT2D eigenvalue weighted by molar-refractivity contribution is 5.81. The minimum atomic E-state index is -0.981. The number of rotatable bonds is 8. The summed E-state index contributed by atoms with van der Waals surface area (Å²) in [7, 11) is 0. The molecule has 1 atom stereocenters. The number of hydrogen-bond donors (Lipinski definition) is 1. The smallest absolute Gasteiger partial charge is 0.330 e. The molecule has 0 spiro atoms. The molecule has 0 aliphatic rings. The molecule has 0 aromatic rings. The van der Waals surface area contributed by atoms with E-state index in [-0.39, 0.29) is 5.97 Å². The van der Waals surface area contributed by atoms with E-state index in [0.717, 1.165) is 18.9 Å². The zero-order valence-electron chi connectivity index (χ0n) is 11.4. The van der Waals surface area contributed by atoms with Crippen molar-refractivity contribution in [1.29, 1.82) is 0 Å². The van der Waals surface area contributed by atoms with Crippen molar-refractivity contribution in [1.82, 2.24) is 0 Å². The predicted molar refractivity (Wildman–Crippen MR) is 72.3 cm³/mol. The van der Waals surface area contributed by atoms with Crippen LogP contribution in [0.25, 0.3) is 0 Å². The van der Waals surface area contributed by atoms with Crippen LogP contribution in [0.4, 0.5) is 0 Å². The summed E-state index contributed by atoms with van der Waals surface area (Å²) in [4.78, 5) is 20.0. The Morgan fingerprint density at radius 2 is 1.83 bits per heavy atom. The van der Waals surface area contributed by atoms with Crippen LogP contribution in [-0.4, -0.2) is 23.7 Å². The quantitative estimate of drug-likeness (QED) is 0.535. The number of carbonyl (C=O) groups excluding carboxylic acids is 1. The van der Waals surface area contributed by atoms with Gasteiger partial charge in [0.15, 0.2) is 0 Å². The molecule has 0 rings (SSSR count). The molecule has 0 radical (unpaired) electrons. The Kier molecular flexibility index (Phi) is 14.1. The summed E-state index contributed by atoms with van der Waals surface area (Å²) >= 11 is 0. The van der Waals surface area contributed by atoms with Crippen LogP contribution < -0.4 is 0 Å². The van der Waals surface area contributed by atoms with Gasteiger partial charge in [0, 0.05) is 12.2 Å². The maximum atomic E-state index is 10.8. The van der Waals surface area contributed by atoms with E-state index in [1.165, 1.54) is 18.9 Å². The molecule has 1 unspecified atom stereocenters. The van der Waals surface area contributed by atoms with Gasteiger partial charge in [0.05, 0.1) is 6.61 Å². The minimum absolute atomic E-state index is 0.310. The Bertz CT molecular complexity index is 259. The average Bonchev–Trinajstić information content (AvgIpc) is 2.39. The van der Waals surface area contributed by atoms with Gasteiger partial charge in [-0.1, -0.05) is 46.3 Å². The van der Waals surface area contributed by atoms with Crippen molar-refractivity contribution in [3.05, 3.63) is 25.3 Å². The van der Waals surface area contributed by atoms with Crippen molar-refractivity contribution in [2.75, 3.05) is 6.61 Å². The second-order valence-corrected chi connectivity index (χ2v) is 3.79. The van der Waals surface area contributed by atoms with Crippen molar-refractivity contribution in [3.8, 4) is 0 Å². The van der Waals surface area contributed by atoms with Crippen molar-refractivity contribution in [2.45, 2.75) is 39.5 Å². The molecule has 0 heterocycles. The van der Waals surface area contributed by atoms with Crippen molar-refractivity contribution >= 4 is 11.9 Å². The summed E-state index contributed by atoms with van der Waals surface area (Å²) in [6.45, 7) is 11.2. The van der Waals surface area contributed by atoms with Gasteiger partial charge in [-0.2, -0.15) is 0 Å². The van der Waals surface area contributed by atoms with E-state index >= 15 is 0 Å². The lowest BCUT2D eigenvalue weighted by atomic mass is 10.0. The Morgan fingerprint density at radius 1 is 1.28 bits per heavy atom. The molecule has 0 fully saturated rings. The first-order valence-corrected chi connectivity index (χ1v) is 6.16. The number of esters is 1. The second-order valence-electron chi connectivity index (χ2n) is 3.79. The highest BCUT2D eigenvalue weighted by Gasteiger charge is 2.07.